The molecule has 0 bridgehead atoms. The maximum Gasteiger partial charge on any atom is 0.501 e. The van der Waals surface area contributed by atoms with Crippen LogP contribution in [0.4, 0.5) is 24.5 Å². The number of aromatic nitrogens is 1. The molecule has 0 fully saturated rings. The summed E-state index contributed by atoms with van der Waals surface area (Å²) < 4.78 is 62.2. The first-order valence-electron chi connectivity index (χ1n) is 8.49. The topological polar surface area (TPSA) is 88.2 Å². The maximum absolute atomic E-state index is 12.9. The number of halogens is 3. The number of rotatable bonds is 5. The first-order valence-corrected chi connectivity index (χ1v) is 9.98. The Morgan fingerprint density at radius 3 is 2.48 bits per heavy atom. The zero-order chi connectivity index (χ0) is 21.2. The van der Waals surface area contributed by atoms with Gasteiger partial charge >= 0.3 is 5.51 Å². The number of carbonyl (C=O) groups is 1. The Balaban J connectivity index is 2.05. The summed E-state index contributed by atoms with van der Waals surface area (Å²) in [7, 11) is -5.56. The molecule has 2 aromatic carbocycles. The van der Waals surface area contributed by atoms with Gasteiger partial charge in [-0.1, -0.05) is 18.2 Å². The molecule has 0 aliphatic heterocycles. The lowest BCUT2D eigenvalue weighted by molar-refractivity contribution is -0.0436. The van der Waals surface area contributed by atoms with Crippen LogP contribution < -0.4 is 10.6 Å². The highest BCUT2D eigenvalue weighted by molar-refractivity contribution is 7.92. The van der Waals surface area contributed by atoms with E-state index in [1.807, 2.05) is 0 Å². The predicted molar refractivity (Wildman–Crippen MR) is 104 cm³/mol. The Hall–Kier alpha value is -3.14. The van der Waals surface area contributed by atoms with Gasteiger partial charge in [-0.05, 0) is 37.3 Å². The van der Waals surface area contributed by atoms with Crippen molar-refractivity contribution in [3.8, 4) is 0 Å². The Bertz CT molecular complexity index is 1170. The standard InChI is InChI=1S/C19H16F3N3O3S/c1-2-23-15-9-8-13(29(27,28)19(20,21)22)11-16(15)25-18(26)14-7-3-5-12-6-4-10-24-17(12)14/h3-11,23H,2H2,1H3,(H,25,26). The number of pyridine rings is 1. The molecule has 1 heterocycles. The van der Waals surface area contributed by atoms with E-state index in [1.165, 1.54) is 18.3 Å². The lowest BCUT2D eigenvalue weighted by Gasteiger charge is -2.15. The number of benzene rings is 2. The number of carbonyl (C=O) groups excluding carboxylic acids is 1. The second-order valence-corrected chi connectivity index (χ2v) is 7.96. The molecule has 3 rings (SSSR count). The number of hydrogen-bond acceptors (Lipinski definition) is 5. The van der Waals surface area contributed by atoms with E-state index in [0.717, 1.165) is 12.1 Å². The summed E-state index contributed by atoms with van der Waals surface area (Å²) in [5, 5.41) is 6.08. The van der Waals surface area contributed by atoms with Gasteiger partial charge in [-0.15, -0.1) is 0 Å². The van der Waals surface area contributed by atoms with Crippen LogP contribution in [-0.4, -0.2) is 31.4 Å². The van der Waals surface area contributed by atoms with Crippen LogP contribution >= 0.6 is 0 Å². The van der Waals surface area contributed by atoms with Crippen LogP contribution in [0.15, 0.2) is 59.6 Å². The minimum absolute atomic E-state index is 0.0879. The smallest absolute Gasteiger partial charge is 0.384 e. The number of amides is 1. The number of nitrogens with zero attached hydrogens (tertiary/aromatic N) is 1. The molecule has 0 atom stereocenters. The number of nitrogens with one attached hydrogen (secondary N) is 2. The van der Waals surface area contributed by atoms with E-state index in [-0.39, 0.29) is 16.9 Å². The molecule has 0 spiro atoms. The van der Waals surface area contributed by atoms with E-state index in [1.54, 1.807) is 31.2 Å². The van der Waals surface area contributed by atoms with Gasteiger partial charge in [0.15, 0.2) is 0 Å². The van der Waals surface area contributed by atoms with Crippen LogP contribution in [0.1, 0.15) is 17.3 Å². The van der Waals surface area contributed by atoms with Crippen LogP contribution in [0.3, 0.4) is 0 Å². The SMILES string of the molecule is CCNc1ccc(S(=O)(=O)C(F)(F)F)cc1NC(=O)c1cccc2cccnc12. The summed E-state index contributed by atoms with van der Waals surface area (Å²) in [6.45, 7) is 2.16. The highest BCUT2D eigenvalue weighted by Gasteiger charge is 2.47. The molecular weight excluding hydrogens is 407 g/mol. The number of fused-ring (bicyclic) bond motifs is 1. The minimum atomic E-state index is -5.56. The summed E-state index contributed by atoms with van der Waals surface area (Å²) in [4.78, 5) is 16.0. The van der Waals surface area contributed by atoms with Crippen molar-refractivity contribution in [2.75, 3.05) is 17.2 Å². The minimum Gasteiger partial charge on any atom is -0.384 e. The number of alkyl halides is 3. The van der Waals surface area contributed by atoms with Crippen LogP contribution in [-0.2, 0) is 9.84 Å². The zero-order valence-corrected chi connectivity index (χ0v) is 15.9. The summed E-state index contributed by atoms with van der Waals surface area (Å²) in [6, 6.07) is 11.2. The van der Waals surface area contributed by atoms with E-state index >= 15 is 0 Å². The van der Waals surface area contributed by atoms with E-state index in [9.17, 15) is 26.4 Å². The van der Waals surface area contributed by atoms with Gasteiger partial charge in [0.2, 0.25) is 0 Å². The predicted octanol–water partition coefficient (Wildman–Crippen LogP) is 4.21. The molecule has 0 saturated carbocycles. The third kappa shape index (κ3) is 4.02. The number of para-hydroxylation sites is 1. The molecular formula is C19H16F3N3O3S. The summed E-state index contributed by atoms with van der Waals surface area (Å²) in [5.41, 5.74) is -4.63. The largest absolute Gasteiger partial charge is 0.501 e. The first-order chi connectivity index (χ1) is 13.6. The van der Waals surface area contributed by atoms with Crippen molar-refractivity contribution < 1.29 is 26.4 Å². The average molecular weight is 423 g/mol. The van der Waals surface area contributed by atoms with E-state index in [2.05, 4.69) is 15.6 Å². The van der Waals surface area contributed by atoms with Crippen molar-refractivity contribution in [2.45, 2.75) is 17.3 Å². The lowest BCUT2D eigenvalue weighted by atomic mass is 10.1. The fourth-order valence-electron chi connectivity index (χ4n) is 2.75. The molecule has 152 valence electrons. The monoisotopic (exact) mass is 423 g/mol. The quantitative estimate of drug-likeness (QED) is 0.642. The Labute approximate surface area is 164 Å². The molecule has 2 N–H and O–H groups in total. The highest BCUT2D eigenvalue weighted by Crippen LogP contribution is 2.34. The van der Waals surface area contributed by atoms with Crippen molar-refractivity contribution in [1.29, 1.82) is 0 Å². The Morgan fingerprint density at radius 2 is 1.79 bits per heavy atom. The fourth-order valence-corrected chi connectivity index (χ4v) is 3.54. The number of hydrogen-bond donors (Lipinski definition) is 2. The van der Waals surface area contributed by atoms with Gasteiger partial charge in [-0.2, -0.15) is 13.2 Å². The highest BCUT2D eigenvalue weighted by atomic mass is 32.2. The molecule has 10 heteroatoms. The van der Waals surface area contributed by atoms with Crippen molar-refractivity contribution in [3.63, 3.8) is 0 Å². The summed E-state index contributed by atoms with van der Waals surface area (Å²) in [5.74, 6) is -0.630. The third-order valence-electron chi connectivity index (χ3n) is 4.10. The van der Waals surface area contributed by atoms with Crippen LogP contribution in [0.2, 0.25) is 0 Å². The van der Waals surface area contributed by atoms with Crippen LogP contribution in [0.5, 0.6) is 0 Å². The third-order valence-corrected chi connectivity index (χ3v) is 5.58. The summed E-state index contributed by atoms with van der Waals surface area (Å²) in [6.07, 6.45) is 1.51. The normalized spacial score (nSPS) is 12.0. The molecule has 0 aliphatic rings. The van der Waals surface area contributed by atoms with Crippen molar-refractivity contribution in [3.05, 3.63) is 60.3 Å². The van der Waals surface area contributed by atoms with Crippen molar-refractivity contribution >= 4 is 38.0 Å². The molecule has 3 aromatic rings. The van der Waals surface area contributed by atoms with E-state index in [4.69, 9.17) is 0 Å². The zero-order valence-electron chi connectivity index (χ0n) is 15.1. The van der Waals surface area contributed by atoms with Gasteiger partial charge in [0, 0.05) is 18.1 Å². The van der Waals surface area contributed by atoms with Crippen molar-refractivity contribution in [2.24, 2.45) is 0 Å². The maximum atomic E-state index is 12.9. The number of sulfone groups is 1. The average Bonchev–Trinajstić information content (AvgIpc) is 2.68. The van der Waals surface area contributed by atoms with Gasteiger partial charge in [-0.3, -0.25) is 9.78 Å². The summed E-state index contributed by atoms with van der Waals surface area (Å²) >= 11 is 0. The molecule has 6 nitrogen and oxygen atoms in total. The second kappa shape index (κ2) is 7.70. The molecule has 29 heavy (non-hydrogen) atoms. The molecule has 1 aromatic heterocycles. The fraction of sp³-hybridized carbons (Fsp3) is 0.158. The molecule has 0 aliphatic carbocycles. The van der Waals surface area contributed by atoms with Gasteiger partial charge in [-0.25, -0.2) is 8.42 Å². The Morgan fingerprint density at radius 1 is 1.07 bits per heavy atom. The van der Waals surface area contributed by atoms with Crippen LogP contribution in [0, 0.1) is 0 Å². The van der Waals surface area contributed by atoms with Crippen LogP contribution in [0.25, 0.3) is 10.9 Å². The molecule has 1 amide bonds. The molecule has 0 radical (unpaired) electrons. The Kier molecular flexibility index (Phi) is 5.47. The van der Waals surface area contributed by atoms with E-state index < -0.39 is 26.1 Å². The first kappa shape index (κ1) is 20.6. The van der Waals surface area contributed by atoms with Gasteiger partial charge in [0.25, 0.3) is 15.7 Å². The van der Waals surface area contributed by atoms with Gasteiger partial charge in [0.05, 0.1) is 27.4 Å². The number of anilines is 2. The second-order valence-electron chi connectivity index (χ2n) is 6.02. The van der Waals surface area contributed by atoms with Gasteiger partial charge in [0.1, 0.15) is 0 Å². The van der Waals surface area contributed by atoms with E-state index in [0.29, 0.717) is 17.4 Å². The van der Waals surface area contributed by atoms with Gasteiger partial charge < -0.3 is 10.6 Å². The lowest BCUT2D eigenvalue weighted by Crippen LogP contribution is -2.23. The van der Waals surface area contributed by atoms with Crippen molar-refractivity contribution in [1.82, 2.24) is 4.98 Å². The molecule has 0 unspecified atom stereocenters. The molecule has 0 saturated heterocycles.